The van der Waals surface area contributed by atoms with Gasteiger partial charge in [-0.15, -0.1) is 0 Å². The molecule has 28 heavy (non-hydrogen) atoms. The summed E-state index contributed by atoms with van der Waals surface area (Å²) in [4.78, 5) is 15.1. The Hall–Kier alpha value is -2.61. The fourth-order valence-corrected chi connectivity index (χ4v) is 2.42. The van der Waals surface area contributed by atoms with Gasteiger partial charge >= 0.3 is 12.2 Å². The highest BCUT2D eigenvalue weighted by molar-refractivity contribution is 6.30. The lowest BCUT2D eigenvalue weighted by atomic mass is 10.1. The quantitative estimate of drug-likeness (QED) is 0.724. The number of amides is 2. The van der Waals surface area contributed by atoms with Gasteiger partial charge in [0.05, 0.1) is 17.8 Å². The molecule has 0 aliphatic heterocycles. The Labute approximate surface area is 166 Å². The molecule has 9 heteroatoms. The number of anilines is 2. The summed E-state index contributed by atoms with van der Waals surface area (Å²) in [6.07, 6.45) is -4.59. The molecule has 0 unspecified atom stereocenters. The van der Waals surface area contributed by atoms with E-state index in [2.05, 4.69) is 5.32 Å². The minimum Gasteiger partial charge on any atom is -0.492 e. The first kappa shape index (κ1) is 21.7. The normalized spacial score (nSPS) is 11.1. The topological polar surface area (TPSA) is 44.8 Å². The van der Waals surface area contributed by atoms with E-state index >= 15 is 0 Å². The summed E-state index contributed by atoms with van der Waals surface area (Å²) in [5.41, 5.74) is -0.818. The average molecular weight is 416 g/mol. The molecule has 0 saturated heterocycles. The van der Waals surface area contributed by atoms with Gasteiger partial charge in [-0.2, -0.15) is 13.2 Å². The standard InChI is InChI=1S/C19H21ClF3N3O2/c1-25(2)14-6-9-17(16(12-14)19(21,22)23)24-18(27)26(3)10-11-28-15-7-4-13(20)5-8-15/h4-9,12H,10-11H2,1-3H3,(H,24,27). The number of benzene rings is 2. The molecule has 0 bridgehead atoms. The highest BCUT2D eigenvalue weighted by atomic mass is 35.5. The highest BCUT2D eigenvalue weighted by Gasteiger charge is 2.34. The maximum Gasteiger partial charge on any atom is 0.418 e. The lowest BCUT2D eigenvalue weighted by molar-refractivity contribution is -0.136. The highest BCUT2D eigenvalue weighted by Crippen LogP contribution is 2.37. The number of alkyl halides is 3. The second-order valence-corrected chi connectivity index (χ2v) is 6.71. The van der Waals surface area contributed by atoms with Gasteiger partial charge in [0, 0.05) is 31.9 Å². The zero-order chi connectivity index (χ0) is 20.9. The van der Waals surface area contributed by atoms with Gasteiger partial charge in [0.15, 0.2) is 0 Å². The van der Waals surface area contributed by atoms with Crippen LogP contribution in [0, 0.1) is 0 Å². The van der Waals surface area contributed by atoms with Crippen molar-refractivity contribution in [3.05, 3.63) is 53.1 Å². The van der Waals surface area contributed by atoms with Crippen molar-refractivity contribution >= 4 is 29.0 Å². The van der Waals surface area contributed by atoms with Crippen molar-refractivity contribution < 1.29 is 22.7 Å². The van der Waals surface area contributed by atoms with E-state index in [1.807, 2.05) is 0 Å². The zero-order valence-corrected chi connectivity index (χ0v) is 16.4. The SMILES string of the molecule is CN(CCOc1ccc(Cl)cc1)C(=O)Nc1ccc(N(C)C)cc1C(F)(F)F. The van der Waals surface area contributed by atoms with Crippen molar-refractivity contribution in [1.82, 2.24) is 4.90 Å². The van der Waals surface area contributed by atoms with Crippen LogP contribution in [0.2, 0.25) is 5.02 Å². The third-order valence-electron chi connectivity index (χ3n) is 3.92. The first-order valence-electron chi connectivity index (χ1n) is 8.37. The molecule has 0 atom stereocenters. The van der Waals surface area contributed by atoms with Crippen LogP contribution in [0.15, 0.2) is 42.5 Å². The van der Waals surface area contributed by atoms with Crippen LogP contribution in [-0.4, -0.2) is 45.2 Å². The van der Waals surface area contributed by atoms with Gasteiger partial charge in [-0.1, -0.05) is 11.6 Å². The Morgan fingerprint density at radius 2 is 1.75 bits per heavy atom. The van der Waals surface area contributed by atoms with Crippen LogP contribution < -0.4 is 15.0 Å². The fourth-order valence-electron chi connectivity index (χ4n) is 2.30. The van der Waals surface area contributed by atoms with E-state index in [1.54, 1.807) is 43.3 Å². The molecule has 5 nitrogen and oxygen atoms in total. The molecule has 2 amide bonds. The monoisotopic (exact) mass is 415 g/mol. The molecule has 0 fully saturated rings. The van der Waals surface area contributed by atoms with Crippen LogP contribution in [0.1, 0.15) is 5.56 Å². The molecule has 0 saturated carbocycles. The van der Waals surface area contributed by atoms with Gasteiger partial charge in [0.2, 0.25) is 0 Å². The largest absolute Gasteiger partial charge is 0.492 e. The lowest BCUT2D eigenvalue weighted by Crippen LogP contribution is -2.35. The number of halogens is 4. The third-order valence-corrected chi connectivity index (χ3v) is 4.17. The van der Waals surface area contributed by atoms with Gasteiger partial charge in [0.25, 0.3) is 0 Å². The van der Waals surface area contributed by atoms with Crippen LogP contribution in [0.5, 0.6) is 5.75 Å². The van der Waals surface area contributed by atoms with Crippen LogP contribution >= 0.6 is 11.6 Å². The molecule has 152 valence electrons. The lowest BCUT2D eigenvalue weighted by Gasteiger charge is -2.22. The number of nitrogens with zero attached hydrogens (tertiary/aromatic N) is 2. The van der Waals surface area contributed by atoms with Gasteiger partial charge < -0.3 is 19.9 Å². The van der Waals surface area contributed by atoms with Crippen molar-refractivity contribution in [2.75, 3.05) is 44.5 Å². The second kappa shape index (κ2) is 9.05. The van der Waals surface area contributed by atoms with Crippen molar-refractivity contribution in [3.63, 3.8) is 0 Å². The minimum absolute atomic E-state index is 0.178. The Balaban J connectivity index is 2.00. The summed E-state index contributed by atoms with van der Waals surface area (Å²) < 4.78 is 45.5. The molecule has 0 heterocycles. The zero-order valence-electron chi connectivity index (χ0n) is 15.7. The first-order valence-corrected chi connectivity index (χ1v) is 8.75. The summed E-state index contributed by atoms with van der Waals surface area (Å²) >= 11 is 5.79. The number of rotatable bonds is 6. The number of carbonyl (C=O) groups is 1. The predicted octanol–water partition coefficient (Wildman–Crippen LogP) is 4.97. The molecular weight excluding hydrogens is 395 g/mol. The number of hydrogen-bond acceptors (Lipinski definition) is 3. The molecular formula is C19H21ClF3N3O2. The van der Waals surface area contributed by atoms with E-state index in [1.165, 1.54) is 24.1 Å². The van der Waals surface area contributed by atoms with Crippen LogP contribution in [0.4, 0.5) is 29.3 Å². The molecule has 1 N–H and O–H groups in total. The third kappa shape index (κ3) is 5.95. The van der Waals surface area contributed by atoms with Gasteiger partial charge in [-0.25, -0.2) is 4.79 Å². The van der Waals surface area contributed by atoms with Crippen molar-refractivity contribution in [1.29, 1.82) is 0 Å². The van der Waals surface area contributed by atoms with Crippen molar-refractivity contribution in [2.24, 2.45) is 0 Å². The Morgan fingerprint density at radius 3 is 2.32 bits per heavy atom. The van der Waals surface area contributed by atoms with Crippen LogP contribution in [-0.2, 0) is 6.18 Å². The summed E-state index contributed by atoms with van der Waals surface area (Å²) in [7, 11) is 4.76. The van der Waals surface area contributed by atoms with E-state index in [4.69, 9.17) is 16.3 Å². The molecule has 2 rings (SSSR count). The maximum atomic E-state index is 13.3. The summed E-state index contributed by atoms with van der Waals surface area (Å²) in [5, 5.41) is 2.89. The number of ether oxygens (including phenoxy) is 1. The molecule has 0 aliphatic carbocycles. The fraction of sp³-hybridized carbons (Fsp3) is 0.316. The van der Waals surface area contributed by atoms with Crippen molar-refractivity contribution in [2.45, 2.75) is 6.18 Å². The molecule has 2 aromatic rings. The van der Waals surface area contributed by atoms with E-state index in [-0.39, 0.29) is 18.8 Å². The first-order chi connectivity index (χ1) is 13.1. The molecule has 0 spiro atoms. The molecule has 0 aliphatic rings. The average Bonchev–Trinajstić information content (AvgIpc) is 2.62. The molecule has 0 aromatic heterocycles. The smallest absolute Gasteiger partial charge is 0.418 e. The second-order valence-electron chi connectivity index (χ2n) is 6.28. The number of carbonyl (C=O) groups excluding carboxylic acids is 1. The molecule has 0 radical (unpaired) electrons. The number of urea groups is 1. The minimum atomic E-state index is -4.59. The van der Waals surface area contributed by atoms with Gasteiger partial charge in [-0.05, 0) is 42.5 Å². The van der Waals surface area contributed by atoms with Crippen LogP contribution in [0.25, 0.3) is 0 Å². The van der Waals surface area contributed by atoms with Crippen molar-refractivity contribution in [3.8, 4) is 5.75 Å². The number of likely N-dealkylation sites (N-methyl/N-ethyl adjacent to an activating group) is 1. The predicted molar refractivity (Wildman–Crippen MR) is 104 cm³/mol. The van der Waals surface area contributed by atoms with Crippen LogP contribution in [0.3, 0.4) is 0 Å². The Morgan fingerprint density at radius 1 is 1.11 bits per heavy atom. The van der Waals surface area contributed by atoms with E-state index in [9.17, 15) is 18.0 Å². The van der Waals surface area contributed by atoms with E-state index < -0.39 is 17.8 Å². The summed E-state index contributed by atoms with van der Waals surface area (Å²) in [6, 6.07) is 9.80. The summed E-state index contributed by atoms with van der Waals surface area (Å²) in [6.45, 7) is 0.364. The van der Waals surface area contributed by atoms with E-state index in [0.29, 0.717) is 16.5 Å². The van der Waals surface area contributed by atoms with Gasteiger partial charge in [-0.3, -0.25) is 0 Å². The number of nitrogens with one attached hydrogen (secondary N) is 1. The summed E-state index contributed by atoms with van der Waals surface area (Å²) in [5.74, 6) is 0.580. The Kier molecular flexibility index (Phi) is 7.01. The Bertz CT molecular complexity index is 811. The van der Waals surface area contributed by atoms with Gasteiger partial charge in [0.1, 0.15) is 12.4 Å². The van der Waals surface area contributed by atoms with E-state index in [0.717, 1.165) is 6.07 Å². The maximum absolute atomic E-state index is 13.3. The number of hydrogen-bond donors (Lipinski definition) is 1. The molecule has 2 aromatic carbocycles.